The minimum absolute atomic E-state index is 0.134. The highest BCUT2D eigenvalue weighted by Gasteiger charge is 2.43. The second-order valence-corrected chi connectivity index (χ2v) is 7.02. The van der Waals surface area contributed by atoms with Crippen molar-refractivity contribution in [1.29, 1.82) is 0 Å². The zero-order valence-electron chi connectivity index (χ0n) is 17.2. The Morgan fingerprint density at radius 3 is 1.93 bits per heavy atom. The first-order chi connectivity index (χ1) is 13.5. The highest BCUT2D eigenvalue weighted by atomic mass is 19.4. The number of hydrogen-bond donors (Lipinski definition) is 0. The second-order valence-electron chi connectivity index (χ2n) is 7.02. The Bertz CT molecular complexity index is 434. The van der Waals surface area contributed by atoms with Gasteiger partial charge < -0.3 is 9.47 Å². The minimum Gasteiger partial charge on any atom is -0.486 e. The Kier molecular flexibility index (Phi) is 14.4. The molecule has 0 saturated heterocycles. The van der Waals surface area contributed by atoms with Crippen LogP contribution in [0.15, 0.2) is 11.8 Å². The van der Waals surface area contributed by atoms with Crippen molar-refractivity contribution in [3.8, 4) is 0 Å². The van der Waals surface area contributed by atoms with Gasteiger partial charge in [-0.3, -0.25) is 0 Å². The van der Waals surface area contributed by atoms with Crippen LogP contribution in [0.1, 0.15) is 78.1 Å². The van der Waals surface area contributed by atoms with E-state index >= 15 is 0 Å². The highest BCUT2D eigenvalue weighted by Crippen LogP contribution is 2.30. The average Bonchev–Trinajstić information content (AvgIpc) is 2.60. The lowest BCUT2D eigenvalue weighted by atomic mass is 10.1. The van der Waals surface area contributed by atoms with Crippen LogP contribution in [-0.2, 0) is 9.47 Å². The molecular formula is C20H33F7O2. The first-order valence-electron chi connectivity index (χ1n) is 10.3. The molecular weight excluding hydrogens is 405 g/mol. The van der Waals surface area contributed by atoms with Crippen molar-refractivity contribution in [2.24, 2.45) is 0 Å². The van der Waals surface area contributed by atoms with Crippen molar-refractivity contribution >= 4 is 0 Å². The maximum absolute atomic E-state index is 13.9. The van der Waals surface area contributed by atoms with Gasteiger partial charge in [0.15, 0.2) is 11.9 Å². The maximum atomic E-state index is 13.9. The van der Waals surface area contributed by atoms with Gasteiger partial charge in [0.1, 0.15) is 12.8 Å². The summed E-state index contributed by atoms with van der Waals surface area (Å²) >= 11 is 0. The molecule has 0 amide bonds. The number of allylic oxidation sites excluding steroid dienone is 2. The lowest BCUT2D eigenvalue weighted by molar-refractivity contribution is -0.236. The van der Waals surface area contributed by atoms with E-state index in [0.29, 0.717) is 25.7 Å². The Morgan fingerprint density at radius 2 is 1.38 bits per heavy atom. The summed E-state index contributed by atoms with van der Waals surface area (Å²) in [6.07, 6.45) is -7.51. The summed E-state index contributed by atoms with van der Waals surface area (Å²) in [4.78, 5) is 0. The first-order valence-corrected chi connectivity index (χ1v) is 10.3. The zero-order valence-corrected chi connectivity index (χ0v) is 17.2. The standard InChI is InChI=1S/C20H33F7O2/c1-3-5-7-8-9-10-12-16(21)14-17(19(22,23)24)29-15-18(20(25,26)27)28-13-11-6-4-2/h14,16,18H,3-13,15H2,1-2H3. The Morgan fingerprint density at radius 1 is 0.828 bits per heavy atom. The summed E-state index contributed by atoms with van der Waals surface area (Å²) in [5.41, 5.74) is 0. The molecule has 2 atom stereocenters. The number of alkyl halides is 7. The van der Waals surface area contributed by atoms with E-state index in [9.17, 15) is 30.7 Å². The predicted molar refractivity (Wildman–Crippen MR) is 98.3 cm³/mol. The van der Waals surface area contributed by atoms with Gasteiger partial charge in [0, 0.05) is 6.61 Å². The summed E-state index contributed by atoms with van der Waals surface area (Å²) in [5.74, 6) is -1.75. The third kappa shape index (κ3) is 14.6. The number of unbranched alkanes of at least 4 members (excludes halogenated alkanes) is 7. The van der Waals surface area contributed by atoms with Gasteiger partial charge in [-0.05, 0) is 18.9 Å². The van der Waals surface area contributed by atoms with Crippen molar-refractivity contribution < 1.29 is 40.2 Å². The summed E-state index contributed by atoms with van der Waals surface area (Å²) in [6.45, 7) is 2.28. The average molecular weight is 438 g/mol. The molecule has 0 rings (SSSR count). The molecule has 0 fully saturated rings. The van der Waals surface area contributed by atoms with Gasteiger partial charge in [0.2, 0.25) is 0 Å². The Labute approximate surface area is 168 Å². The molecule has 0 spiro atoms. The molecule has 0 N–H and O–H groups in total. The van der Waals surface area contributed by atoms with Gasteiger partial charge in [0.05, 0.1) is 0 Å². The highest BCUT2D eigenvalue weighted by molar-refractivity contribution is 5.04. The third-order valence-corrected chi connectivity index (χ3v) is 4.27. The Hall–Kier alpha value is -0.990. The molecule has 0 aromatic heterocycles. The van der Waals surface area contributed by atoms with Crippen molar-refractivity contribution in [3.63, 3.8) is 0 Å². The number of halogens is 7. The molecule has 0 saturated carbocycles. The van der Waals surface area contributed by atoms with E-state index in [1.54, 1.807) is 0 Å². The zero-order chi connectivity index (χ0) is 22.3. The minimum atomic E-state index is -5.08. The monoisotopic (exact) mass is 438 g/mol. The first kappa shape index (κ1) is 28.0. The predicted octanol–water partition coefficient (Wildman–Crippen LogP) is 7.68. The van der Waals surface area contributed by atoms with Gasteiger partial charge in [-0.25, -0.2) is 4.39 Å². The van der Waals surface area contributed by atoms with E-state index < -0.39 is 37.0 Å². The van der Waals surface area contributed by atoms with E-state index in [1.807, 2.05) is 13.8 Å². The molecule has 29 heavy (non-hydrogen) atoms. The van der Waals surface area contributed by atoms with Crippen LogP contribution >= 0.6 is 0 Å². The number of hydrogen-bond acceptors (Lipinski definition) is 2. The number of ether oxygens (including phenoxy) is 2. The van der Waals surface area contributed by atoms with Crippen molar-refractivity contribution in [3.05, 3.63) is 11.8 Å². The summed E-state index contributed by atoms with van der Waals surface area (Å²) < 4.78 is 101. The molecule has 0 heterocycles. The van der Waals surface area contributed by atoms with Gasteiger partial charge in [-0.1, -0.05) is 65.2 Å². The largest absolute Gasteiger partial charge is 0.486 e. The normalized spacial score (nSPS) is 15.4. The van der Waals surface area contributed by atoms with Crippen LogP contribution in [0.2, 0.25) is 0 Å². The molecule has 0 aliphatic carbocycles. The number of rotatable bonds is 16. The topological polar surface area (TPSA) is 18.5 Å². The summed E-state index contributed by atoms with van der Waals surface area (Å²) in [6, 6.07) is 0. The van der Waals surface area contributed by atoms with Crippen LogP contribution in [0.25, 0.3) is 0 Å². The van der Waals surface area contributed by atoms with Crippen LogP contribution in [0.5, 0.6) is 0 Å². The molecule has 0 aromatic carbocycles. The SMILES string of the molecule is CCCCCCCCC(F)C=C(OCC(OCCCCC)C(F)(F)F)C(F)(F)F. The smallest absolute Gasteiger partial charge is 0.448 e. The van der Waals surface area contributed by atoms with Crippen molar-refractivity contribution in [1.82, 2.24) is 0 Å². The lowest BCUT2D eigenvalue weighted by Crippen LogP contribution is -2.37. The second kappa shape index (κ2) is 14.9. The fourth-order valence-electron chi connectivity index (χ4n) is 2.57. The van der Waals surface area contributed by atoms with E-state index in [0.717, 1.165) is 32.1 Å². The van der Waals surface area contributed by atoms with Crippen molar-refractivity contribution in [2.45, 2.75) is 103 Å². The van der Waals surface area contributed by atoms with E-state index in [4.69, 9.17) is 0 Å². The van der Waals surface area contributed by atoms with Gasteiger partial charge in [-0.15, -0.1) is 0 Å². The van der Waals surface area contributed by atoms with Gasteiger partial charge in [-0.2, -0.15) is 26.3 Å². The van der Waals surface area contributed by atoms with Crippen LogP contribution in [-0.4, -0.2) is 37.8 Å². The maximum Gasteiger partial charge on any atom is 0.448 e. The molecule has 174 valence electrons. The van der Waals surface area contributed by atoms with Gasteiger partial charge in [0.25, 0.3) is 0 Å². The quantitative estimate of drug-likeness (QED) is 0.140. The van der Waals surface area contributed by atoms with Gasteiger partial charge >= 0.3 is 12.4 Å². The Balaban J connectivity index is 4.72. The van der Waals surface area contributed by atoms with Crippen LogP contribution in [0.4, 0.5) is 30.7 Å². The molecule has 0 aromatic rings. The third-order valence-electron chi connectivity index (χ3n) is 4.27. The fraction of sp³-hybridized carbons (Fsp3) is 0.900. The van der Waals surface area contributed by atoms with Crippen LogP contribution in [0.3, 0.4) is 0 Å². The fourth-order valence-corrected chi connectivity index (χ4v) is 2.57. The summed E-state index contributed by atoms with van der Waals surface area (Å²) in [5, 5.41) is 0. The molecule has 0 aliphatic heterocycles. The summed E-state index contributed by atoms with van der Waals surface area (Å²) in [7, 11) is 0. The van der Waals surface area contributed by atoms with Crippen LogP contribution < -0.4 is 0 Å². The molecule has 2 unspecified atom stereocenters. The van der Waals surface area contributed by atoms with E-state index in [-0.39, 0.29) is 19.1 Å². The van der Waals surface area contributed by atoms with E-state index in [2.05, 4.69) is 9.47 Å². The molecule has 0 aliphatic rings. The molecule has 0 radical (unpaired) electrons. The van der Waals surface area contributed by atoms with E-state index in [1.165, 1.54) is 0 Å². The molecule has 2 nitrogen and oxygen atoms in total. The molecule has 0 bridgehead atoms. The van der Waals surface area contributed by atoms with Crippen LogP contribution in [0, 0.1) is 0 Å². The molecule has 9 heteroatoms. The lowest BCUT2D eigenvalue weighted by Gasteiger charge is -2.23. The van der Waals surface area contributed by atoms with Crippen molar-refractivity contribution in [2.75, 3.05) is 13.2 Å².